The number of hydrogen-bond acceptors (Lipinski definition) is 2. The maximum Gasteiger partial charge on any atom is 0.307 e. The van der Waals surface area contributed by atoms with Gasteiger partial charge in [0, 0.05) is 6.92 Å². The molecule has 46 valence electrons. The van der Waals surface area contributed by atoms with Crippen LogP contribution in [0.1, 0.15) is 13.8 Å². The monoisotopic (exact) mass is 134 g/mol. The zero-order valence-corrected chi connectivity index (χ0v) is 5.53. The predicted octanol–water partition coefficient (Wildman–Crippen LogP) is 1.65. The first kappa shape index (κ1) is 7.50. The van der Waals surface area contributed by atoms with E-state index in [9.17, 15) is 4.79 Å². The van der Waals surface area contributed by atoms with Crippen molar-refractivity contribution in [2.45, 2.75) is 13.8 Å². The molecule has 0 spiro atoms. The Morgan fingerprint density at radius 3 is 2.25 bits per heavy atom. The summed E-state index contributed by atoms with van der Waals surface area (Å²) >= 11 is 5.31. The van der Waals surface area contributed by atoms with E-state index in [2.05, 4.69) is 4.74 Å². The van der Waals surface area contributed by atoms with Gasteiger partial charge in [-0.25, -0.2) is 0 Å². The summed E-state index contributed by atoms with van der Waals surface area (Å²) in [6.07, 6.45) is 1.20. The van der Waals surface area contributed by atoms with Crippen molar-refractivity contribution in [1.82, 2.24) is 0 Å². The van der Waals surface area contributed by atoms with E-state index < -0.39 is 0 Å². The molecule has 3 heteroatoms. The lowest BCUT2D eigenvalue weighted by atomic mass is 10.7. The van der Waals surface area contributed by atoms with Crippen LogP contribution < -0.4 is 0 Å². The third-order valence-electron chi connectivity index (χ3n) is 0.387. The molecule has 0 N–H and O–H groups in total. The van der Waals surface area contributed by atoms with Crippen LogP contribution in [0, 0.1) is 0 Å². The number of allylic oxidation sites excluding steroid dienone is 1. The Morgan fingerprint density at radius 2 is 2.12 bits per heavy atom. The second-order valence-corrected chi connectivity index (χ2v) is 1.91. The Kier molecular flexibility index (Phi) is 3.28. The highest BCUT2D eigenvalue weighted by molar-refractivity contribution is 6.29. The lowest BCUT2D eigenvalue weighted by Gasteiger charge is -1.88. The van der Waals surface area contributed by atoms with E-state index in [4.69, 9.17) is 11.6 Å². The number of hydrogen-bond donors (Lipinski definition) is 0. The van der Waals surface area contributed by atoms with Crippen LogP contribution in [0.3, 0.4) is 0 Å². The first-order valence-corrected chi connectivity index (χ1v) is 2.50. The van der Waals surface area contributed by atoms with Gasteiger partial charge in [-0.05, 0) is 6.92 Å². The summed E-state index contributed by atoms with van der Waals surface area (Å²) in [6.45, 7) is 2.95. The lowest BCUT2D eigenvalue weighted by Crippen LogP contribution is -1.89. The number of ether oxygens (including phenoxy) is 1. The van der Waals surface area contributed by atoms with Gasteiger partial charge in [-0.15, -0.1) is 0 Å². The molecule has 0 saturated heterocycles. The second kappa shape index (κ2) is 3.50. The molecule has 0 aromatic carbocycles. The van der Waals surface area contributed by atoms with E-state index in [0.29, 0.717) is 5.03 Å². The minimum absolute atomic E-state index is 0.356. The molecular weight excluding hydrogens is 128 g/mol. The molecular formula is C5H7ClO2. The molecule has 0 aliphatic heterocycles. The largest absolute Gasteiger partial charge is 0.433 e. The molecule has 0 heterocycles. The maximum absolute atomic E-state index is 10.0. The Labute approximate surface area is 53.1 Å². The third-order valence-corrected chi connectivity index (χ3v) is 0.476. The summed E-state index contributed by atoms with van der Waals surface area (Å²) in [4.78, 5) is 10.0. The van der Waals surface area contributed by atoms with Gasteiger partial charge in [-0.2, -0.15) is 0 Å². The van der Waals surface area contributed by atoms with Crippen LogP contribution in [0.2, 0.25) is 0 Å². The van der Waals surface area contributed by atoms with Gasteiger partial charge >= 0.3 is 5.97 Å². The fraction of sp³-hybridized carbons (Fsp3) is 0.400. The molecule has 0 aliphatic rings. The average Bonchev–Trinajstić information content (AvgIpc) is 1.61. The first-order valence-electron chi connectivity index (χ1n) is 2.12. The molecule has 0 aromatic heterocycles. The summed E-state index contributed by atoms with van der Waals surface area (Å²) in [5, 5.41) is 0.459. The topological polar surface area (TPSA) is 26.3 Å². The highest BCUT2D eigenvalue weighted by Gasteiger charge is 1.85. The van der Waals surface area contributed by atoms with Crippen molar-refractivity contribution in [1.29, 1.82) is 0 Å². The normalized spacial score (nSPS) is 11.1. The van der Waals surface area contributed by atoms with Crippen molar-refractivity contribution >= 4 is 17.6 Å². The summed E-state index contributed by atoms with van der Waals surface area (Å²) < 4.78 is 4.37. The van der Waals surface area contributed by atoms with Crippen molar-refractivity contribution in [2.24, 2.45) is 0 Å². The molecule has 0 rings (SSSR count). The van der Waals surface area contributed by atoms with Crippen LogP contribution in [0.5, 0.6) is 0 Å². The minimum atomic E-state index is -0.356. The van der Waals surface area contributed by atoms with Crippen LogP contribution >= 0.6 is 11.6 Å². The molecule has 0 aliphatic carbocycles. The molecule has 0 unspecified atom stereocenters. The van der Waals surface area contributed by atoms with E-state index in [0.717, 1.165) is 0 Å². The minimum Gasteiger partial charge on any atom is -0.433 e. The SMILES string of the molecule is CC(=O)O/C=C(/C)Cl. The Morgan fingerprint density at radius 1 is 1.62 bits per heavy atom. The quantitative estimate of drug-likeness (QED) is 0.403. The van der Waals surface area contributed by atoms with E-state index in [1.807, 2.05) is 0 Å². The van der Waals surface area contributed by atoms with Crippen LogP contribution in [-0.4, -0.2) is 5.97 Å². The van der Waals surface area contributed by atoms with Crippen LogP contribution in [0.15, 0.2) is 11.3 Å². The van der Waals surface area contributed by atoms with Crippen molar-refractivity contribution in [3.8, 4) is 0 Å². The van der Waals surface area contributed by atoms with E-state index in [1.54, 1.807) is 6.92 Å². The molecule has 0 atom stereocenters. The van der Waals surface area contributed by atoms with Crippen molar-refractivity contribution in [3.63, 3.8) is 0 Å². The van der Waals surface area contributed by atoms with Gasteiger partial charge in [0.05, 0.1) is 5.03 Å². The van der Waals surface area contributed by atoms with Crippen molar-refractivity contribution < 1.29 is 9.53 Å². The van der Waals surface area contributed by atoms with Gasteiger partial charge in [0.1, 0.15) is 6.26 Å². The summed E-state index contributed by atoms with van der Waals surface area (Å²) in [5.74, 6) is -0.356. The molecule has 0 amide bonds. The number of carbonyl (C=O) groups excluding carboxylic acids is 1. The lowest BCUT2D eigenvalue weighted by molar-refractivity contribution is -0.135. The molecule has 0 saturated carbocycles. The molecule has 8 heavy (non-hydrogen) atoms. The number of rotatable bonds is 1. The number of esters is 1. The third kappa shape index (κ3) is 5.50. The van der Waals surface area contributed by atoms with E-state index in [-0.39, 0.29) is 5.97 Å². The first-order chi connectivity index (χ1) is 3.63. The van der Waals surface area contributed by atoms with Crippen molar-refractivity contribution in [2.75, 3.05) is 0 Å². The smallest absolute Gasteiger partial charge is 0.307 e. The highest BCUT2D eigenvalue weighted by atomic mass is 35.5. The van der Waals surface area contributed by atoms with Gasteiger partial charge in [-0.1, -0.05) is 11.6 Å². The summed E-state index contributed by atoms with van der Waals surface area (Å²) in [7, 11) is 0. The van der Waals surface area contributed by atoms with Gasteiger partial charge in [0.25, 0.3) is 0 Å². The summed E-state index contributed by atoms with van der Waals surface area (Å²) in [5.41, 5.74) is 0. The maximum atomic E-state index is 10.0. The Bertz CT molecular complexity index is 114. The fourth-order valence-corrected chi connectivity index (χ4v) is 0.209. The van der Waals surface area contributed by atoms with Crippen molar-refractivity contribution in [3.05, 3.63) is 11.3 Å². The fourth-order valence-electron chi connectivity index (χ4n) is 0.164. The summed E-state index contributed by atoms with van der Waals surface area (Å²) in [6, 6.07) is 0. The number of carbonyl (C=O) groups is 1. The Balaban J connectivity index is 3.45. The number of halogens is 1. The standard InChI is InChI=1S/C5H7ClO2/c1-4(6)3-8-5(2)7/h3H,1-2H3/b4-3-. The molecule has 0 aromatic rings. The average molecular weight is 135 g/mol. The molecule has 2 nitrogen and oxygen atoms in total. The van der Waals surface area contributed by atoms with Crippen LogP contribution in [-0.2, 0) is 9.53 Å². The Hall–Kier alpha value is -0.500. The van der Waals surface area contributed by atoms with Gasteiger partial charge < -0.3 is 4.74 Å². The zero-order valence-electron chi connectivity index (χ0n) is 4.77. The van der Waals surface area contributed by atoms with E-state index >= 15 is 0 Å². The highest BCUT2D eigenvalue weighted by Crippen LogP contribution is 1.97. The molecule has 0 fully saturated rings. The van der Waals surface area contributed by atoms with Gasteiger partial charge in [-0.3, -0.25) is 4.79 Å². The van der Waals surface area contributed by atoms with Crippen LogP contribution in [0.4, 0.5) is 0 Å². The molecule has 0 bridgehead atoms. The van der Waals surface area contributed by atoms with Crippen LogP contribution in [0.25, 0.3) is 0 Å². The second-order valence-electron chi connectivity index (χ2n) is 1.31. The van der Waals surface area contributed by atoms with E-state index in [1.165, 1.54) is 13.2 Å². The molecule has 0 radical (unpaired) electrons. The van der Waals surface area contributed by atoms with Gasteiger partial charge in [0.2, 0.25) is 0 Å². The zero-order chi connectivity index (χ0) is 6.57. The van der Waals surface area contributed by atoms with Gasteiger partial charge in [0.15, 0.2) is 0 Å². The predicted molar refractivity (Wildman–Crippen MR) is 31.4 cm³/mol.